The van der Waals surface area contributed by atoms with Crippen molar-refractivity contribution in [3.05, 3.63) is 0 Å². The zero-order chi connectivity index (χ0) is 8.72. The van der Waals surface area contributed by atoms with Crippen LogP contribution in [-0.2, 0) is 4.79 Å². The first kappa shape index (κ1) is 7.52. The molecular formula is C7H9FN2O2. The van der Waals surface area contributed by atoms with Crippen LogP contribution >= 0.6 is 0 Å². The van der Waals surface area contributed by atoms with Gasteiger partial charge in [-0.15, -0.1) is 0 Å². The van der Waals surface area contributed by atoms with Gasteiger partial charge in [0, 0.05) is 18.9 Å². The summed E-state index contributed by atoms with van der Waals surface area (Å²) in [6.45, 7) is 0.129. The maximum atomic E-state index is 12.8. The second-order valence-electron chi connectivity index (χ2n) is 3.20. The molecule has 4 nitrogen and oxygen atoms in total. The van der Waals surface area contributed by atoms with Gasteiger partial charge in [0.2, 0.25) is 5.91 Å². The summed E-state index contributed by atoms with van der Waals surface area (Å²) in [5.74, 6) is -0.296. The molecule has 2 unspecified atom stereocenters. The third-order valence-corrected chi connectivity index (χ3v) is 2.29. The lowest BCUT2D eigenvalue weighted by atomic mass is 10.1. The van der Waals surface area contributed by atoms with Gasteiger partial charge in [-0.1, -0.05) is 0 Å². The molecule has 0 radical (unpaired) electrons. The summed E-state index contributed by atoms with van der Waals surface area (Å²) in [6, 6.07) is -0.655. The number of imide groups is 1. The van der Waals surface area contributed by atoms with Crippen molar-refractivity contribution in [2.24, 2.45) is 0 Å². The lowest BCUT2D eigenvalue weighted by molar-refractivity contribution is -0.122. The van der Waals surface area contributed by atoms with E-state index >= 15 is 0 Å². The van der Waals surface area contributed by atoms with E-state index < -0.39 is 12.2 Å². The Morgan fingerprint density at radius 1 is 1.50 bits per heavy atom. The molecule has 0 aliphatic carbocycles. The summed E-state index contributed by atoms with van der Waals surface area (Å²) in [5.41, 5.74) is 0. The fourth-order valence-electron chi connectivity index (χ4n) is 1.76. The summed E-state index contributed by atoms with van der Waals surface area (Å²) in [7, 11) is 0. The number of hydrogen-bond donors (Lipinski definition) is 1. The Morgan fingerprint density at radius 2 is 2.25 bits per heavy atom. The molecule has 66 valence electrons. The van der Waals surface area contributed by atoms with Gasteiger partial charge >= 0.3 is 6.03 Å². The molecule has 2 aliphatic rings. The van der Waals surface area contributed by atoms with E-state index in [1.165, 1.54) is 4.90 Å². The Bertz CT molecular complexity index is 244. The molecule has 0 bridgehead atoms. The van der Waals surface area contributed by atoms with Gasteiger partial charge in [0.1, 0.15) is 6.17 Å². The van der Waals surface area contributed by atoms with Crippen LogP contribution in [0.4, 0.5) is 9.18 Å². The Morgan fingerprint density at radius 3 is 3.00 bits per heavy atom. The smallest absolute Gasteiger partial charge is 0.318 e. The minimum atomic E-state index is -0.966. The number of halogens is 1. The molecule has 0 aromatic carbocycles. The normalized spacial score (nSPS) is 34.9. The summed E-state index contributed by atoms with van der Waals surface area (Å²) < 4.78 is 12.8. The van der Waals surface area contributed by atoms with Crippen molar-refractivity contribution in [1.82, 2.24) is 10.2 Å². The van der Waals surface area contributed by atoms with Crippen LogP contribution in [0.1, 0.15) is 12.8 Å². The van der Waals surface area contributed by atoms with Gasteiger partial charge in [0.25, 0.3) is 0 Å². The maximum absolute atomic E-state index is 12.8. The van der Waals surface area contributed by atoms with Crippen LogP contribution in [0, 0.1) is 0 Å². The Kier molecular flexibility index (Phi) is 1.52. The number of alkyl halides is 1. The number of carbonyl (C=O) groups is 2. The highest BCUT2D eigenvalue weighted by Gasteiger charge is 2.40. The highest BCUT2D eigenvalue weighted by molar-refractivity contribution is 5.97. The van der Waals surface area contributed by atoms with Gasteiger partial charge in [0.05, 0.1) is 6.54 Å². The zero-order valence-corrected chi connectivity index (χ0v) is 6.42. The first-order chi connectivity index (χ1) is 5.66. The third-order valence-electron chi connectivity index (χ3n) is 2.29. The minimum absolute atomic E-state index is 0.129. The lowest BCUT2D eigenvalue weighted by Gasteiger charge is -2.28. The van der Waals surface area contributed by atoms with Crippen LogP contribution in [0.3, 0.4) is 0 Å². The molecule has 5 heteroatoms. The van der Waals surface area contributed by atoms with Crippen molar-refractivity contribution in [2.45, 2.75) is 25.1 Å². The second-order valence-corrected chi connectivity index (χ2v) is 3.20. The Balaban J connectivity index is 2.15. The molecule has 0 aromatic rings. The SMILES string of the molecule is O=C1CC2CC(F)CN2C(=O)N1. The molecule has 12 heavy (non-hydrogen) atoms. The van der Waals surface area contributed by atoms with Crippen LogP contribution in [0.25, 0.3) is 0 Å². The Hall–Kier alpha value is -1.13. The summed E-state index contributed by atoms with van der Waals surface area (Å²) in [6.07, 6.45) is -0.419. The van der Waals surface area contributed by atoms with E-state index in [9.17, 15) is 14.0 Å². The molecule has 2 heterocycles. The van der Waals surface area contributed by atoms with Crippen molar-refractivity contribution < 1.29 is 14.0 Å². The minimum Gasteiger partial charge on any atom is -0.318 e. The van der Waals surface area contributed by atoms with Crippen molar-refractivity contribution in [3.63, 3.8) is 0 Å². The van der Waals surface area contributed by atoms with Crippen molar-refractivity contribution >= 4 is 11.9 Å². The Labute approximate surface area is 68.7 Å². The highest BCUT2D eigenvalue weighted by atomic mass is 19.1. The van der Waals surface area contributed by atoms with Crippen LogP contribution in [0.5, 0.6) is 0 Å². The number of nitrogens with zero attached hydrogens (tertiary/aromatic N) is 1. The number of nitrogens with one attached hydrogen (secondary N) is 1. The largest absolute Gasteiger partial charge is 0.324 e. The molecule has 2 saturated heterocycles. The van der Waals surface area contributed by atoms with Gasteiger partial charge in [0.15, 0.2) is 0 Å². The molecule has 0 saturated carbocycles. The molecule has 2 rings (SSSR count). The quantitative estimate of drug-likeness (QED) is 0.560. The molecule has 2 atom stereocenters. The summed E-state index contributed by atoms with van der Waals surface area (Å²) >= 11 is 0. The van der Waals surface area contributed by atoms with Crippen molar-refractivity contribution in [1.29, 1.82) is 0 Å². The van der Waals surface area contributed by atoms with Crippen molar-refractivity contribution in [3.8, 4) is 0 Å². The van der Waals surface area contributed by atoms with E-state index in [1.54, 1.807) is 0 Å². The van der Waals surface area contributed by atoms with Crippen LogP contribution in [0.2, 0.25) is 0 Å². The molecule has 0 aromatic heterocycles. The summed E-state index contributed by atoms with van der Waals surface area (Å²) in [5, 5.41) is 2.15. The standard InChI is InChI=1S/C7H9FN2O2/c8-4-1-5-2-6(11)9-7(12)10(5)3-4/h4-5H,1-3H2,(H,9,11,12). The molecule has 2 fully saturated rings. The molecule has 1 N–H and O–H groups in total. The predicted molar refractivity (Wildman–Crippen MR) is 38.2 cm³/mol. The maximum Gasteiger partial charge on any atom is 0.324 e. The fourth-order valence-corrected chi connectivity index (χ4v) is 1.76. The first-order valence-electron chi connectivity index (χ1n) is 3.91. The van der Waals surface area contributed by atoms with Gasteiger partial charge < -0.3 is 4.90 Å². The number of hydrogen-bond acceptors (Lipinski definition) is 2. The average molecular weight is 172 g/mol. The number of amides is 3. The van der Waals surface area contributed by atoms with Gasteiger partial charge in [-0.05, 0) is 0 Å². The van der Waals surface area contributed by atoms with Crippen LogP contribution in [0.15, 0.2) is 0 Å². The van der Waals surface area contributed by atoms with Gasteiger partial charge in [-0.25, -0.2) is 9.18 Å². The number of rotatable bonds is 0. The second kappa shape index (κ2) is 2.43. The first-order valence-corrected chi connectivity index (χ1v) is 3.91. The van der Waals surface area contributed by atoms with E-state index in [0.717, 1.165) is 0 Å². The molecular weight excluding hydrogens is 163 g/mol. The van der Waals surface area contributed by atoms with E-state index in [1.807, 2.05) is 0 Å². The zero-order valence-electron chi connectivity index (χ0n) is 6.42. The topological polar surface area (TPSA) is 49.4 Å². The molecule has 0 spiro atoms. The van der Waals surface area contributed by atoms with E-state index in [4.69, 9.17) is 0 Å². The molecule has 2 aliphatic heterocycles. The van der Waals surface area contributed by atoms with E-state index in [2.05, 4.69) is 5.32 Å². The number of carbonyl (C=O) groups excluding carboxylic acids is 2. The van der Waals surface area contributed by atoms with Crippen LogP contribution in [-0.4, -0.2) is 35.6 Å². The monoisotopic (exact) mass is 172 g/mol. The predicted octanol–water partition coefficient (Wildman–Crippen LogP) is 0.0387. The van der Waals surface area contributed by atoms with Crippen LogP contribution < -0.4 is 5.32 Å². The van der Waals surface area contributed by atoms with Gasteiger partial charge in [-0.2, -0.15) is 0 Å². The third kappa shape index (κ3) is 1.05. The average Bonchev–Trinajstić information content (AvgIpc) is 2.29. The number of fused-ring (bicyclic) bond motifs is 1. The fraction of sp³-hybridized carbons (Fsp3) is 0.714. The highest BCUT2D eigenvalue weighted by Crippen LogP contribution is 2.24. The summed E-state index contributed by atoms with van der Waals surface area (Å²) in [4.78, 5) is 23.3. The van der Waals surface area contributed by atoms with E-state index in [-0.39, 0.29) is 24.9 Å². The van der Waals surface area contributed by atoms with Gasteiger partial charge in [-0.3, -0.25) is 10.1 Å². The lowest BCUT2D eigenvalue weighted by Crippen LogP contribution is -2.52. The molecule has 3 amide bonds. The number of urea groups is 1. The van der Waals surface area contributed by atoms with Crippen molar-refractivity contribution in [2.75, 3.05) is 6.54 Å². The van der Waals surface area contributed by atoms with E-state index in [0.29, 0.717) is 6.42 Å².